The van der Waals surface area contributed by atoms with E-state index in [1.165, 1.54) is 29.2 Å². The van der Waals surface area contributed by atoms with Gasteiger partial charge in [-0.3, -0.25) is 9.36 Å². The van der Waals surface area contributed by atoms with Crippen LogP contribution in [0.3, 0.4) is 0 Å². The first-order chi connectivity index (χ1) is 13.6. The molecule has 0 amide bonds. The smallest absolute Gasteiger partial charge is 0.183 e. The van der Waals surface area contributed by atoms with E-state index in [0.29, 0.717) is 15.7 Å². The molecule has 0 fully saturated rings. The van der Waals surface area contributed by atoms with Gasteiger partial charge in [-0.15, -0.1) is 11.3 Å². The summed E-state index contributed by atoms with van der Waals surface area (Å²) in [5, 5.41) is 2.46. The molecule has 4 aromatic rings. The predicted molar refractivity (Wildman–Crippen MR) is 116 cm³/mol. The van der Waals surface area contributed by atoms with E-state index in [1.807, 2.05) is 41.8 Å². The second kappa shape index (κ2) is 8.43. The normalized spacial score (nSPS) is 10.9. The zero-order chi connectivity index (χ0) is 19.5. The fourth-order valence-corrected chi connectivity index (χ4v) is 4.57. The Labute approximate surface area is 178 Å². The van der Waals surface area contributed by atoms with Gasteiger partial charge in [-0.05, 0) is 35.7 Å². The van der Waals surface area contributed by atoms with Crippen LogP contribution in [0.25, 0.3) is 16.9 Å². The summed E-state index contributed by atoms with van der Waals surface area (Å²) in [7, 11) is 0. The molecule has 2 aromatic heterocycles. The van der Waals surface area contributed by atoms with Gasteiger partial charge in [0.15, 0.2) is 10.9 Å². The van der Waals surface area contributed by atoms with Crippen molar-refractivity contribution in [3.05, 3.63) is 87.4 Å². The number of Topliss-reactive ketones (excluding diaryl/α,β-unsaturated/α-hetero) is 1. The predicted octanol–water partition coefficient (Wildman–Crippen LogP) is 6.48. The molecule has 0 saturated heterocycles. The van der Waals surface area contributed by atoms with Crippen molar-refractivity contribution in [3.8, 4) is 16.9 Å². The summed E-state index contributed by atoms with van der Waals surface area (Å²) in [5.74, 6) is -0.0619. The monoisotopic (exact) mass is 472 g/mol. The van der Waals surface area contributed by atoms with Crippen LogP contribution in [-0.4, -0.2) is 21.1 Å². The lowest BCUT2D eigenvalue weighted by Crippen LogP contribution is -2.03. The Morgan fingerprint density at radius 2 is 1.89 bits per heavy atom. The van der Waals surface area contributed by atoms with Gasteiger partial charge in [0.1, 0.15) is 5.82 Å². The van der Waals surface area contributed by atoms with Crippen molar-refractivity contribution in [2.24, 2.45) is 0 Å². The maximum atomic E-state index is 14.4. The molecule has 0 aliphatic rings. The third-order valence-corrected chi connectivity index (χ3v) is 6.45. The van der Waals surface area contributed by atoms with E-state index < -0.39 is 0 Å². The molecule has 4 rings (SSSR count). The number of imidazole rings is 1. The fourth-order valence-electron chi connectivity index (χ4n) is 2.68. The Kier molecular flexibility index (Phi) is 5.75. The van der Waals surface area contributed by atoms with Crippen molar-refractivity contribution >= 4 is 44.8 Å². The zero-order valence-electron chi connectivity index (χ0n) is 14.5. The summed E-state index contributed by atoms with van der Waals surface area (Å²) >= 11 is 6.15. The highest BCUT2D eigenvalue weighted by Gasteiger charge is 2.16. The van der Waals surface area contributed by atoms with Crippen molar-refractivity contribution in [2.45, 2.75) is 5.16 Å². The zero-order valence-corrected chi connectivity index (χ0v) is 17.7. The Balaban J connectivity index is 1.69. The molecular weight excluding hydrogens is 459 g/mol. The van der Waals surface area contributed by atoms with E-state index in [-0.39, 0.29) is 17.4 Å². The first-order valence-electron chi connectivity index (χ1n) is 8.41. The molecule has 3 nitrogen and oxygen atoms in total. The molecule has 0 aliphatic heterocycles. The summed E-state index contributed by atoms with van der Waals surface area (Å²) in [6.07, 6.45) is 1.81. The standard InChI is InChI=1S/C21H14BrFN2OS2/c22-15-9-7-14(8-10-15)17-12-25(18-5-2-1-4-16(18)23)21(24-17)28-13-19(26)20-6-3-11-27-20/h1-12H,13H2. The van der Waals surface area contributed by atoms with Gasteiger partial charge in [0.05, 0.1) is 22.0 Å². The third-order valence-electron chi connectivity index (χ3n) is 4.05. The Bertz CT molecular complexity index is 1110. The molecule has 7 heteroatoms. The van der Waals surface area contributed by atoms with E-state index in [1.54, 1.807) is 29.0 Å². The second-order valence-corrected chi connectivity index (χ2v) is 8.73. The molecule has 2 aromatic carbocycles. The van der Waals surface area contributed by atoms with E-state index in [2.05, 4.69) is 20.9 Å². The minimum Gasteiger partial charge on any atom is -0.292 e. The Morgan fingerprint density at radius 1 is 1.11 bits per heavy atom. The van der Waals surface area contributed by atoms with E-state index in [0.717, 1.165) is 15.7 Å². The topological polar surface area (TPSA) is 34.9 Å². The number of aromatic nitrogens is 2. The minimum atomic E-state index is -0.339. The number of hydrogen-bond donors (Lipinski definition) is 0. The van der Waals surface area contributed by atoms with Crippen LogP contribution in [0.4, 0.5) is 4.39 Å². The van der Waals surface area contributed by atoms with Crippen LogP contribution in [0, 0.1) is 5.82 Å². The number of benzene rings is 2. The number of carbonyl (C=O) groups excluding carboxylic acids is 1. The molecule has 28 heavy (non-hydrogen) atoms. The van der Waals surface area contributed by atoms with Gasteiger partial charge in [0.25, 0.3) is 0 Å². The lowest BCUT2D eigenvalue weighted by Gasteiger charge is -2.07. The molecule has 0 spiro atoms. The average molecular weight is 473 g/mol. The number of para-hydroxylation sites is 1. The number of carbonyl (C=O) groups is 1. The second-order valence-electron chi connectivity index (χ2n) is 5.93. The molecule has 0 N–H and O–H groups in total. The van der Waals surface area contributed by atoms with E-state index in [4.69, 9.17) is 0 Å². The van der Waals surface area contributed by atoms with Crippen LogP contribution in [0.5, 0.6) is 0 Å². The van der Waals surface area contributed by atoms with Gasteiger partial charge in [-0.1, -0.05) is 58.0 Å². The molecule has 0 radical (unpaired) electrons. The van der Waals surface area contributed by atoms with Crippen LogP contribution < -0.4 is 0 Å². The van der Waals surface area contributed by atoms with Crippen LogP contribution in [0.2, 0.25) is 0 Å². The van der Waals surface area contributed by atoms with E-state index >= 15 is 0 Å². The number of halogens is 2. The first-order valence-corrected chi connectivity index (χ1v) is 11.1. The van der Waals surface area contributed by atoms with Gasteiger partial charge in [-0.2, -0.15) is 0 Å². The van der Waals surface area contributed by atoms with Crippen molar-refractivity contribution < 1.29 is 9.18 Å². The van der Waals surface area contributed by atoms with Gasteiger partial charge in [0, 0.05) is 16.2 Å². The fraction of sp³-hybridized carbons (Fsp3) is 0.0476. The maximum absolute atomic E-state index is 14.4. The summed E-state index contributed by atoms with van der Waals surface area (Å²) in [5.41, 5.74) is 2.05. The average Bonchev–Trinajstić information content (AvgIpc) is 3.37. The van der Waals surface area contributed by atoms with Crippen molar-refractivity contribution in [1.82, 2.24) is 9.55 Å². The number of thioether (sulfide) groups is 1. The largest absolute Gasteiger partial charge is 0.292 e. The summed E-state index contributed by atoms with van der Waals surface area (Å²) < 4.78 is 17.1. The molecule has 140 valence electrons. The molecule has 0 atom stereocenters. The highest BCUT2D eigenvalue weighted by atomic mass is 79.9. The van der Waals surface area contributed by atoms with Gasteiger partial charge in [0.2, 0.25) is 0 Å². The lowest BCUT2D eigenvalue weighted by molar-refractivity contribution is 0.102. The SMILES string of the molecule is O=C(CSc1nc(-c2ccc(Br)cc2)cn1-c1ccccc1F)c1cccs1. The van der Waals surface area contributed by atoms with Gasteiger partial charge >= 0.3 is 0 Å². The van der Waals surface area contributed by atoms with Crippen LogP contribution in [0.1, 0.15) is 9.67 Å². The molecule has 0 saturated carbocycles. The van der Waals surface area contributed by atoms with Crippen LogP contribution in [0.15, 0.2) is 81.9 Å². The van der Waals surface area contributed by atoms with Crippen molar-refractivity contribution in [3.63, 3.8) is 0 Å². The van der Waals surface area contributed by atoms with Crippen molar-refractivity contribution in [1.29, 1.82) is 0 Å². The van der Waals surface area contributed by atoms with Crippen LogP contribution in [-0.2, 0) is 0 Å². The van der Waals surface area contributed by atoms with Gasteiger partial charge in [-0.25, -0.2) is 9.37 Å². The minimum absolute atomic E-state index is 0.0354. The molecular formula is C21H14BrFN2OS2. The first kappa shape index (κ1) is 19.1. The van der Waals surface area contributed by atoms with Gasteiger partial charge < -0.3 is 0 Å². The highest BCUT2D eigenvalue weighted by molar-refractivity contribution is 9.10. The number of hydrogen-bond acceptors (Lipinski definition) is 4. The quantitative estimate of drug-likeness (QED) is 0.238. The molecule has 0 unspecified atom stereocenters. The third kappa shape index (κ3) is 4.11. The van der Waals surface area contributed by atoms with E-state index in [9.17, 15) is 9.18 Å². The summed E-state index contributed by atoms with van der Waals surface area (Å²) in [6.45, 7) is 0. The number of thiophene rings is 1. The maximum Gasteiger partial charge on any atom is 0.183 e. The van der Waals surface area contributed by atoms with Crippen molar-refractivity contribution in [2.75, 3.05) is 5.75 Å². The Morgan fingerprint density at radius 3 is 2.61 bits per heavy atom. The Hall–Kier alpha value is -2.22. The number of rotatable bonds is 6. The molecule has 0 bridgehead atoms. The summed E-state index contributed by atoms with van der Waals surface area (Å²) in [6, 6.07) is 18.0. The highest BCUT2D eigenvalue weighted by Crippen LogP contribution is 2.29. The lowest BCUT2D eigenvalue weighted by atomic mass is 10.2. The number of nitrogens with zero attached hydrogens (tertiary/aromatic N) is 2. The summed E-state index contributed by atoms with van der Waals surface area (Å²) in [4.78, 5) is 17.8. The molecule has 0 aliphatic carbocycles. The number of ketones is 1. The van der Waals surface area contributed by atoms with Crippen LogP contribution >= 0.6 is 39.0 Å². The molecule has 2 heterocycles.